The number of pyridine rings is 1. The molecule has 0 atom stereocenters. The highest BCUT2D eigenvalue weighted by Gasteiger charge is 2.16. The van der Waals surface area contributed by atoms with Crippen molar-refractivity contribution in [1.82, 2.24) is 4.98 Å². The van der Waals surface area contributed by atoms with Crippen molar-refractivity contribution in [2.24, 2.45) is 0 Å². The van der Waals surface area contributed by atoms with Gasteiger partial charge in [-0.05, 0) is 48.7 Å². The first kappa shape index (κ1) is 14.9. The first-order valence-electron chi connectivity index (χ1n) is 8.29. The second kappa shape index (κ2) is 6.82. The van der Waals surface area contributed by atoms with E-state index >= 15 is 0 Å². The topological polar surface area (TPSA) is 25.4 Å². The molecule has 1 aromatic heterocycles. The van der Waals surface area contributed by atoms with Crippen molar-refractivity contribution in [3.8, 4) is 17.0 Å². The summed E-state index contributed by atoms with van der Waals surface area (Å²) in [7, 11) is 0. The number of ether oxygens (including phenoxy) is 1. The number of hydrogen-bond donors (Lipinski definition) is 0. The summed E-state index contributed by atoms with van der Waals surface area (Å²) in [5.74, 6) is 1.03. The quantitative estimate of drug-likeness (QED) is 0.794. The Morgan fingerprint density at radius 3 is 2.73 bits per heavy atom. The predicted octanol–water partition coefficient (Wildman–Crippen LogP) is 4.31. The number of fused-ring (bicyclic) bond motifs is 1. The highest BCUT2D eigenvalue weighted by atomic mass is 16.5. The smallest absolute Gasteiger partial charge is 0.122 e. The molecule has 0 bridgehead atoms. The fourth-order valence-corrected chi connectivity index (χ4v) is 3.10. The number of aromatic nitrogens is 1. The van der Waals surface area contributed by atoms with Crippen LogP contribution in [0.15, 0.2) is 36.5 Å². The summed E-state index contributed by atoms with van der Waals surface area (Å²) in [4.78, 5) is 7.13. The fraction of sp³-hybridized carbons (Fsp3) is 0.421. The molecule has 1 aromatic carbocycles. The molecule has 3 nitrogen and oxygen atoms in total. The highest BCUT2D eigenvalue weighted by Crippen LogP contribution is 2.34. The molecule has 3 rings (SSSR count). The Morgan fingerprint density at radius 1 is 1.14 bits per heavy atom. The summed E-state index contributed by atoms with van der Waals surface area (Å²) in [5.41, 5.74) is 4.81. The van der Waals surface area contributed by atoms with Crippen LogP contribution in [0.5, 0.6) is 5.75 Å². The van der Waals surface area contributed by atoms with E-state index in [4.69, 9.17) is 4.74 Å². The molecule has 0 radical (unpaired) electrons. The molecular weight excluding hydrogens is 272 g/mol. The predicted molar refractivity (Wildman–Crippen MR) is 91.7 cm³/mol. The van der Waals surface area contributed by atoms with Gasteiger partial charge >= 0.3 is 0 Å². The van der Waals surface area contributed by atoms with Crippen LogP contribution in [-0.4, -0.2) is 24.7 Å². The molecule has 0 saturated carbocycles. The van der Waals surface area contributed by atoms with Gasteiger partial charge < -0.3 is 9.64 Å². The Bertz CT molecular complexity index is 633. The minimum atomic E-state index is 0.797. The molecule has 0 fully saturated rings. The van der Waals surface area contributed by atoms with Crippen molar-refractivity contribution in [2.75, 3.05) is 24.6 Å². The Morgan fingerprint density at radius 2 is 1.95 bits per heavy atom. The summed E-state index contributed by atoms with van der Waals surface area (Å²) < 4.78 is 5.61. The number of hydrogen-bond acceptors (Lipinski definition) is 3. The molecule has 116 valence electrons. The van der Waals surface area contributed by atoms with Gasteiger partial charge in [-0.3, -0.25) is 4.98 Å². The molecule has 0 amide bonds. The van der Waals surface area contributed by atoms with E-state index in [0.717, 1.165) is 50.4 Å². The van der Waals surface area contributed by atoms with E-state index in [-0.39, 0.29) is 0 Å². The van der Waals surface area contributed by atoms with Gasteiger partial charge in [0.25, 0.3) is 0 Å². The van der Waals surface area contributed by atoms with Crippen LogP contribution in [0.4, 0.5) is 5.69 Å². The Balaban J connectivity index is 2.00. The van der Waals surface area contributed by atoms with E-state index in [1.165, 1.54) is 16.8 Å². The number of rotatable bonds is 6. The van der Waals surface area contributed by atoms with E-state index in [0.29, 0.717) is 0 Å². The maximum absolute atomic E-state index is 5.61. The van der Waals surface area contributed by atoms with Crippen LogP contribution < -0.4 is 9.64 Å². The Labute approximate surface area is 132 Å². The standard InChI is InChI=1S/C19H24N2O/c1-3-11-21(12-4-2)17-6-5-10-20-19(17)16-7-8-18-15(14-16)9-13-22-18/h5-8,10,14H,3-4,9,11-13H2,1-2H3. The van der Waals surface area contributed by atoms with Gasteiger partial charge in [0.2, 0.25) is 0 Å². The molecule has 0 unspecified atom stereocenters. The Kier molecular flexibility index (Phi) is 4.62. The lowest BCUT2D eigenvalue weighted by Gasteiger charge is -2.25. The van der Waals surface area contributed by atoms with Crippen molar-refractivity contribution >= 4 is 5.69 Å². The van der Waals surface area contributed by atoms with E-state index < -0.39 is 0 Å². The highest BCUT2D eigenvalue weighted by molar-refractivity contribution is 5.76. The molecule has 1 aliphatic rings. The van der Waals surface area contributed by atoms with Gasteiger partial charge in [0.05, 0.1) is 18.0 Å². The van der Waals surface area contributed by atoms with Crippen molar-refractivity contribution in [3.05, 3.63) is 42.1 Å². The van der Waals surface area contributed by atoms with Crippen LogP contribution >= 0.6 is 0 Å². The molecular formula is C19H24N2O. The van der Waals surface area contributed by atoms with E-state index in [9.17, 15) is 0 Å². The van der Waals surface area contributed by atoms with Crippen molar-refractivity contribution < 1.29 is 4.74 Å². The molecule has 2 aromatic rings. The molecule has 0 spiro atoms. The van der Waals surface area contributed by atoms with Crippen molar-refractivity contribution in [3.63, 3.8) is 0 Å². The van der Waals surface area contributed by atoms with Gasteiger partial charge in [-0.2, -0.15) is 0 Å². The van der Waals surface area contributed by atoms with Gasteiger partial charge in [-0.15, -0.1) is 0 Å². The number of nitrogens with zero attached hydrogens (tertiary/aromatic N) is 2. The monoisotopic (exact) mass is 296 g/mol. The van der Waals surface area contributed by atoms with Gasteiger partial charge in [0.1, 0.15) is 5.75 Å². The second-order valence-electron chi connectivity index (χ2n) is 5.78. The zero-order chi connectivity index (χ0) is 15.4. The van der Waals surface area contributed by atoms with Crippen LogP contribution in [0, 0.1) is 0 Å². The maximum atomic E-state index is 5.61. The third kappa shape index (κ3) is 2.94. The SMILES string of the molecule is CCCN(CCC)c1cccnc1-c1ccc2c(c1)CCO2. The lowest BCUT2D eigenvalue weighted by Crippen LogP contribution is -2.25. The molecule has 0 saturated heterocycles. The van der Waals surface area contributed by atoms with Gasteiger partial charge in [-0.1, -0.05) is 13.8 Å². The van der Waals surface area contributed by atoms with Gasteiger partial charge in [-0.25, -0.2) is 0 Å². The minimum absolute atomic E-state index is 0.797. The van der Waals surface area contributed by atoms with Crippen molar-refractivity contribution in [2.45, 2.75) is 33.1 Å². The molecule has 0 aliphatic carbocycles. The van der Waals surface area contributed by atoms with Crippen LogP contribution in [0.2, 0.25) is 0 Å². The minimum Gasteiger partial charge on any atom is -0.493 e. The van der Waals surface area contributed by atoms with Crippen LogP contribution in [-0.2, 0) is 6.42 Å². The largest absolute Gasteiger partial charge is 0.493 e. The summed E-state index contributed by atoms with van der Waals surface area (Å²) in [6.07, 6.45) is 5.18. The molecule has 0 N–H and O–H groups in total. The molecule has 22 heavy (non-hydrogen) atoms. The average molecular weight is 296 g/mol. The van der Waals surface area contributed by atoms with Gasteiger partial charge in [0.15, 0.2) is 0 Å². The van der Waals surface area contributed by atoms with Crippen LogP contribution in [0.25, 0.3) is 11.3 Å². The average Bonchev–Trinajstić information content (AvgIpc) is 3.02. The van der Waals surface area contributed by atoms with E-state index in [1.54, 1.807) is 0 Å². The molecule has 2 heterocycles. The Hall–Kier alpha value is -2.03. The molecule has 1 aliphatic heterocycles. The van der Waals surface area contributed by atoms with Crippen LogP contribution in [0.3, 0.4) is 0 Å². The first-order valence-corrected chi connectivity index (χ1v) is 8.29. The number of benzene rings is 1. The zero-order valence-electron chi connectivity index (χ0n) is 13.5. The van der Waals surface area contributed by atoms with Crippen LogP contribution in [0.1, 0.15) is 32.3 Å². The summed E-state index contributed by atoms with van der Waals surface area (Å²) >= 11 is 0. The third-order valence-electron chi connectivity index (χ3n) is 4.08. The number of anilines is 1. The van der Waals surface area contributed by atoms with Crippen molar-refractivity contribution in [1.29, 1.82) is 0 Å². The summed E-state index contributed by atoms with van der Waals surface area (Å²) in [6.45, 7) is 7.39. The second-order valence-corrected chi connectivity index (χ2v) is 5.78. The first-order chi connectivity index (χ1) is 10.8. The zero-order valence-corrected chi connectivity index (χ0v) is 13.5. The third-order valence-corrected chi connectivity index (χ3v) is 4.08. The summed E-state index contributed by atoms with van der Waals surface area (Å²) in [5, 5.41) is 0. The lowest BCUT2D eigenvalue weighted by molar-refractivity contribution is 0.357. The summed E-state index contributed by atoms with van der Waals surface area (Å²) in [6, 6.07) is 10.7. The lowest BCUT2D eigenvalue weighted by atomic mass is 10.0. The normalized spacial score (nSPS) is 12.8. The van der Waals surface area contributed by atoms with E-state index in [2.05, 4.69) is 48.0 Å². The molecule has 3 heteroatoms. The maximum Gasteiger partial charge on any atom is 0.122 e. The fourth-order valence-electron chi connectivity index (χ4n) is 3.10. The van der Waals surface area contributed by atoms with E-state index in [1.807, 2.05) is 12.3 Å². The van der Waals surface area contributed by atoms with Gasteiger partial charge in [0, 0.05) is 31.3 Å².